The molecule has 0 spiro atoms. The van der Waals surface area contributed by atoms with Crippen molar-refractivity contribution in [2.24, 2.45) is 5.92 Å². The zero-order valence-electron chi connectivity index (χ0n) is 16.3. The van der Waals surface area contributed by atoms with E-state index in [-0.39, 0.29) is 24.2 Å². The number of benzene rings is 2. The second-order valence-electron chi connectivity index (χ2n) is 7.34. The Labute approximate surface area is 171 Å². The predicted molar refractivity (Wildman–Crippen MR) is 114 cm³/mol. The van der Waals surface area contributed by atoms with Crippen molar-refractivity contribution >= 4 is 34.8 Å². The maximum Gasteiger partial charge on any atom is 0.227 e. The van der Waals surface area contributed by atoms with Gasteiger partial charge in [-0.15, -0.1) is 0 Å². The van der Waals surface area contributed by atoms with Gasteiger partial charge in [0.2, 0.25) is 11.8 Å². The first-order valence-electron chi connectivity index (χ1n) is 9.54. The van der Waals surface area contributed by atoms with Gasteiger partial charge < -0.3 is 15.1 Å². The molecule has 5 nitrogen and oxygen atoms in total. The lowest BCUT2D eigenvalue weighted by molar-refractivity contribution is -0.126. The molecule has 2 aromatic carbocycles. The van der Waals surface area contributed by atoms with E-state index in [1.165, 1.54) is 11.3 Å². The van der Waals surface area contributed by atoms with E-state index >= 15 is 0 Å². The monoisotopic (exact) mass is 399 g/mol. The Morgan fingerprint density at radius 3 is 2.64 bits per heavy atom. The van der Waals surface area contributed by atoms with Crippen molar-refractivity contribution in [3.05, 3.63) is 59.1 Å². The maximum absolute atomic E-state index is 12.4. The molecule has 6 heteroatoms. The van der Waals surface area contributed by atoms with Gasteiger partial charge in [-0.3, -0.25) is 9.59 Å². The van der Waals surface area contributed by atoms with Crippen molar-refractivity contribution in [3.8, 4) is 0 Å². The number of hydrogen-bond donors (Lipinski definition) is 1. The highest BCUT2D eigenvalue weighted by Gasteiger charge is 2.34. The van der Waals surface area contributed by atoms with Crippen molar-refractivity contribution in [2.45, 2.75) is 19.3 Å². The van der Waals surface area contributed by atoms with Crippen LogP contribution in [0.5, 0.6) is 0 Å². The molecule has 0 aromatic heterocycles. The number of carbonyl (C=O) groups excluding carboxylic acids is 2. The zero-order chi connectivity index (χ0) is 20.1. The van der Waals surface area contributed by atoms with Crippen LogP contribution < -0.4 is 15.1 Å². The number of nitrogens with zero attached hydrogens (tertiary/aromatic N) is 2. The van der Waals surface area contributed by atoms with Crippen LogP contribution in [0.2, 0.25) is 5.02 Å². The fourth-order valence-corrected chi connectivity index (χ4v) is 3.57. The summed E-state index contributed by atoms with van der Waals surface area (Å²) < 4.78 is 0. The molecule has 1 atom stereocenters. The lowest BCUT2D eigenvalue weighted by Crippen LogP contribution is -2.33. The van der Waals surface area contributed by atoms with Gasteiger partial charge in [-0.25, -0.2) is 0 Å². The van der Waals surface area contributed by atoms with E-state index in [4.69, 9.17) is 11.6 Å². The van der Waals surface area contributed by atoms with Gasteiger partial charge in [0.1, 0.15) is 0 Å². The largest absolute Gasteiger partial charge is 0.378 e. The molecule has 1 heterocycles. The van der Waals surface area contributed by atoms with Gasteiger partial charge in [-0.1, -0.05) is 29.8 Å². The highest BCUT2D eigenvalue weighted by Crippen LogP contribution is 2.27. The Morgan fingerprint density at radius 2 is 1.96 bits per heavy atom. The van der Waals surface area contributed by atoms with Gasteiger partial charge in [0, 0.05) is 50.0 Å². The van der Waals surface area contributed by atoms with E-state index in [0.717, 1.165) is 18.5 Å². The Hall–Kier alpha value is -2.53. The highest BCUT2D eigenvalue weighted by atomic mass is 35.5. The van der Waals surface area contributed by atoms with Crippen molar-refractivity contribution < 1.29 is 9.59 Å². The SMILES string of the molecule is CN(C)c1ccc(CCCNC(=O)C2CC(=O)N(c3cccc(Cl)c3)C2)cc1. The molecule has 2 aromatic rings. The Bertz CT molecular complexity index is 836. The normalized spacial score (nSPS) is 16.3. The van der Waals surface area contributed by atoms with Gasteiger partial charge in [0.25, 0.3) is 0 Å². The fraction of sp³-hybridized carbons (Fsp3) is 0.364. The lowest BCUT2D eigenvalue weighted by atomic mass is 10.1. The van der Waals surface area contributed by atoms with Crippen LogP contribution in [0.1, 0.15) is 18.4 Å². The lowest BCUT2D eigenvalue weighted by Gasteiger charge is -2.17. The summed E-state index contributed by atoms with van der Waals surface area (Å²) in [6.07, 6.45) is 2.02. The third kappa shape index (κ3) is 5.04. The standard InChI is InChI=1S/C22H26ClN3O2/c1-25(2)19-10-8-16(9-11-19)5-4-12-24-22(28)17-13-21(27)26(15-17)20-7-3-6-18(23)14-20/h3,6-11,14,17H,4-5,12-13,15H2,1-2H3,(H,24,28). The van der Waals surface area contributed by atoms with E-state index in [1.54, 1.807) is 17.0 Å². The first-order chi connectivity index (χ1) is 13.4. The first kappa shape index (κ1) is 20.2. The zero-order valence-corrected chi connectivity index (χ0v) is 17.1. The molecule has 1 aliphatic rings. The first-order valence-corrected chi connectivity index (χ1v) is 9.92. The van der Waals surface area contributed by atoms with E-state index < -0.39 is 0 Å². The van der Waals surface area contributed by atoms with E-state index in [2.05, 4.69) is 34.5 Å². The average Bonchev–Trinajstić information content (AvgIpc) is 3.07. The number of hydrogen-bond acceptors (Lipinski definition) is 3. The van der Waals surface area contributed by atoms with Crippen molar-refractivity contribution in [2.75, 3.05) is 37.0 Å². The van der Waals surface area contributed by atoms with Crippen LogP contribution in [0.25, 0.3) is 0 Å². The van der Waals surface area contributed by atoms with Gasteiger partial charge in [-0.05, 0) is 48.7 Å². The number of carbonyl (C=O) groups is 2. The van der Waals surface area contributed by atoms with Crippen LogP contribution in [0.4, 0.5) is 11.4 Å². The summed E-state index contributed by atoms with van der Waals surface area (Å²) in [6.45, 7) is 1.01. The van der Waals surface area contributed by atoms with Crippen LogP contribution in [-0.4, -0.2) is 39.0 Å². The smallest absolute Gasteiger partial charge is 0.227 e. The minimum absolute atomic E-state index is 0.0385. The van der Waals surface area contributed by atoms with E-state index in [0.29, 0.717) is 18.1 Å². The number of nitrogens with one attached hydrogen (secondary N) is 1. The summed E-state index contributed by atoms with van der Waals surface area (Å²) in [5.74, 6) is -0.407. The molecule has 28 heavy (non-hydrogen) atoms. The molecule has 3 rings (SSSR count). The maximum atomic E-state index is 12.4. The molecular formula is C22H26ClN3O2. The van der Waals surface area contributed by atoms with Gasteiger partial charge >= 0.3 is 0 Å². The topological polar surface area (TPSA) is 52.7 Å². The molecule has 0 radical (unpaired) electrons. The quantitative estimate of drug-likeness (QED) is 0.725. The molecule has 148 valence electrons. The number of amides is 2. The number of halogens is 1. The van der Waals surface area contributed by atoms with Crippen LogP contribution in [0, 0.1) is 5.92 Å². The Kier molecular flexibility index (Phi) is 6.57. The molecule has 2 amide bonds. The Balaban J connectivity index is 1.44. The molecule has 0 saturated carbocycles. The van der Waals surface area contributed by atoms with Crippen LogP contribution in [0.3, 0.4) is 0 Å². The van der Waals surface area contributed by atoms with Crippen molar-refractivity contribution in [3.63, 3.8) is 0 Å². The second-order valence-corrected chi connectivity index (χ2v) is 7.78. The van der Waals surface area contributed by atoms with Crippen LogP contribution >= 0.6 is 11.6 Å². The molecule has 0 aliphatic carbocycles. The summed E-state index contributed by atoms with van der Waals surface area (Å²) in [5.41, 5.74) is 3.17. The summed E-state index contributed by atoms with van der Waals surface area (Å²) in [4.78, 5) is 28.4. The molecule has 1 saturated heterocycles. The molecule has 1 unspecified atom stereocenters. The number of aryl methyl sites for hydroxylation is 1. The van der Waals surface area contributed by atoms with E-state index in [1.807, 2.05) is 26.2 Å². The van der Waals surface area contributed by atoms with Gasteiger partial charge in [0.15, 0.2) is 0 Å². The Morgan fingerprint density at radius 1 is 1.21 bits per heavy atom. The fourth-order valence-electron chi connectivity index (χ4n) is 3.39. The van der Waals surface area contributed by atoms with Crippen LogP contribution in [-0.2, 0) is 16.0 Å². The molecule has 0 bridgehead atoms. The van der Waals surface area contributed by atoms with Crippen molar-refractivity contribution in [1.29, 1.82) is 0 Å². The van der Waals surface area contributed by atoms with Gasteiger partial charge in [-0.2, -0.15) is 0 Å². The van der Waals surface area contributed by atoms with Crippen molar-refractivity contribution in [1.82, 2.24) is 5.32 Å². The minimum Gasteiger partial charge on any atom is -0.378 e. The van der Waals surface area contributed by atoms with Crippen LogP contribution in [0.15, 0.2) is 48.5 Å². The average molecular weight is 400 g/mol. The third-order valence-corrected chi connectivity index (χ3v) is 5.24. The summed E-state index contributed by atoms with van der Waals surface area (Å²) in [5, 5.41) is 3.56. The minimum atomic E-state index is -0.314. The van der Waals surface area contributed by atoms with E-state index in [9.17, 15) is 9.59 Å². The number of anilines is 2. The summed E-state index contributed by atoms with van der Waals surface area (Å²) in [6, 6.07) is 15.6. The third-order valence-electron chi connectivity index (χ3n) is 5.01. The molecule has 1 fully saturated rings. The molecular weight excluding hydrogens is 374 g/mol. The summed E-state index contributed by atoms with van der Waals surface area (Å²) in [7, 11) is 4.04. The van der Waals surface area contributed by atoms with Gasteiger partial charge in [0.05, 0.1) is 5.92 Å². The second kappa shape index (κ2) is 9.11. The molecule has 1 aliphatic heterocycles. The predicted octanol–water partition coefficient (Wildman–Crippen LogP) is 3.51. The summed E-state index contributed by atoms with van der Waals surface area (Å²) >= 11 is 6.01. The number of rotatable bonds is 7. The molecule has 1 N–H and O–H groups in total. The highest BCUT2D eigenvalue weighted by molar-refractivity contribution is 6.31.